The maximum absolute atomic E-state index is 4.39. The lowest BCUT2D eigenvalue weighted by atomic mass is 10.2. The molecule has 0 aromatic heterocycles. The van der Waals surface area contributed by atoms with Crippen molar-refractivity contribution in [3.63, 3.8) is 0 Å². The molecule has 0 unspecified atom stereocenters. The lowest BCUT2D eigenvalue weighted by molar-refractivity contribution is 0.417. The Bertz CT molecular complexity index is 182. The van der Waals surface area contributed by atoms with Gasteiger partial charge in [-0.3, -0.25) is 4.99 Å². The van der Waals surface area contributed by atoms with Gasteiger partial charge in [0.2, 0.25) is 0 Å². The van der Waals surface area contributed by atoms with E-state index in [1.807, 2.05) is 6.92 Å². The number of allylic oxidation sites excluding steroid dienone is 1. The monoisotopic (exact) mass is 152 g/mol. The summed E-state index contributed by atoms with van der Waals surface area (Å²) in [4.78, 5) is 6.57. The molecular formula is C9H16N2. The Balaban J connectivity index is 2.69. The topological polar surface area (TPSA) is 15.6 Å². The van der Waals surface area contributed by atoms with Crippen LogP contribution in [0, 0.1) is 0 Å². The average Bonchev–Trinajstić information content (AvgIpc) is 2.00. The molecule has 0 saturated heterocycles. The van der Waals surface area contributed by atoms with Gasteiger partial charge in [-0.05, 0) is 19.8 Å². The molecule has 1 aliphatic heterocycles. The van der Waals surface area contributed by atoms with Gasteiger partial charge in [0, 0.05) is 20.1 Å². The summed E-state index contributed by atoms with van der Waals surface area (Å²) in [7, 11) is 2.08. The Morgan fingerprint density at radius 2 is 2.18 bits per heavy atom. The van der Waals surface area contributed by atoms with E-state index in [2.05, 4.69) is 23.5 Å². The summed E-state index contributed by atoms with van der Waals surface area (Å²) in [5.41, 5.74) is 2.16. The lowest BCUT2D eigenvalue weighted by Crippen LogP contribution is -2.24. The van der Waals surface area contributed by atoms with E-state index in [-0.39, 0.29) is 0 Å². The Kier molecular flexibility index (Phi) is 2.69. The van der Waals surface area contributed by atoms with E-state index < -0.39 is 0 Å². The van der Waals surface area contributed by atoms with Crippen molar-refractivity contribution >= 4 is 5.71 Å². The number of nitrogens with zero attached hydrogens (tertiary/aromatic N) is 2. The van der Waals surface area contributed by atoms with Crippen molar-refractivity contribution in [2.24, 2.45) is 4.99 Å². The highest BCUT2D eigenvalue weighted by Crippen LogP contribution is 2.07. The third-order valence-electron chi connectivity index (χ3n) is 2.13. The van der Waals surface area contributed by atoms with E-state index in [1.165, 1.54) is 12.8 Å². The zero-order chi connectivity index (χ0) is 8.27. The standard InChI is InChI=1S/C9H16N2/c1-8-9(2)11(3)7-5-4-6-10-8/h2,4-7H2,1,3H3/b10-8-. The molecule has 11 heavy (non-hydrogen) atoms. The predicted octanol–water partition coefficient (Wildman–Crippen LogP) is 1.69. The van der Waals surface area contributed by atoms with Crippen molar-refractivity contribution in [2.75, 3.05) is 20.1 Å². The first-order valence-electron chi connectivity index (χ1n) is 4.13. The molecule has 62 valence electrons. The van der Waals surface area contributed by atoms with Gasteiger partial charge in [-0.1, -0.05) is 6.58 Å². The quantitative estimate of drug-likeness (QED) is 0.515. The van der Waals surface area contributed by atoms with Crippen LogP contribution < -0.4 is 0 Å². The van der Waals surface area contributed by atoms with Crippen LogP contribution in [0.25, 0.3) is 0 Å². The lowest BCUT2D eigenvalue weighted by Gasteiger charge is -2.23. The van der Waals surface area contributed by atoms with Crippen molar-refractivity contribution in [3.8, 4) is 0 Å². The minimum atomic E-state index is 0.971. The van der Waals surface area contributed by atoms with Crippen LogP contribution in [0.3, 0.4) is 0 Å². The van der Waals surface area contributed by atoms with Gasteiger partial charge in [0.25, 0.3) is 0 Å². The first-order chi connectivity index (χ1) is 5.22. The van der Waals surface area contributed by atoms with Crippen LogP contribution in [0.4, 0.5) is 0 Å². The molecule has 0 bridgehead atoms. The highest BCUT2D eigenvalue weighted by atomic mass is 15.1. The molecule has 0 aromatic rings. The third kappa shape index (κ3) is 2.07. The Morgan fingerprint density at radius 3 is 2.91 bits per heavy atom. The Morgan fingerprint density at radius 1 is 1.45 bits per heavy atom. The van der Waals surface area contributed by atoms with E-state index in [0.29, 0.717) is 0 Å². The molecule has 1 aliphatic rings. The third-order valence-corrected chi connectivity index (χ3v) is 2.13. The minimum absolute atomic E-state index is 0.971. The van der Waals surface area contributed by atoms with Crippen molar-refractivity contribution < 1.29 is 0 Å². The van der Waals surface area contributed by atoms with Crippen LogP contribution in [0.1, 0.15) is 19.8 Å². The smallest absolute Gasteiger partial charge is 0.0544 e. The summed E-state index contributed by atoms with van der Waals surface area (Å²) in [5, 5.41) is 0. The van der Waals surface area contributed by atoms with Crippen molar-refractivity contribution in [3.05, 3.63) is 12.3 Å². The second-order valence-electron chi connectivity index (χ2n) is 3.04. The maximum Gasteiger partial charge on any atom is 0.0544 e. The maximum atomic E-state index is 4.39. The number of aliphatic imine (C=N–C) groups is 1. The molecule has 0 aliphatic carbocycles. The largest absolute Gasteiger partial charge is 0.374 e. The molecule has 1 rings (SSSR count). The van der Waals surface area contributed by atoms with Crippen LogP contribution in [0.2, 0.25) is 0 Å². The molecule has 0 spiro atoms. The summed E-state index contributed by atoms with van der Waals surface area (Å²) in [5.74, 6) is 0. The molecule has 0 saturated carbocycles. The predicted molar refractivity (Wildman–Crippen MR) is 49.0 cm³/mol. The second-order valence-corrected chi connectivity index (χ2v) is 3.04. The molecular weight excluding hydrogens is 136 g/mol. The summed E-state index contributed by atoms with van der Waals surface area (Å²) in [6.45, 7) is 8.09. The second kappa shape index (κ2) is 3.56. The zero-order valence-corrected chi connectivity index (χ0v) is 7.43. The molecule has 0 fully saturated rings. The fraction of sp³-hybridized carbons (Fsp3) is 0.667. The van der Waals surface area contributed by atoms with Crippen molar-refractivity contribution in [1.29, 1.82) is 0 Å². The van der Waals surface area contributed by atoms with Gasteiger partial charge in [-0.15, -0.1) is 0 Å². The fourth-order valence-electron chi connectivity index (χ4n) is 1.21. The average molecular weight is 152 g/mol. The number of hydrogen-bond donors (Lipinski definition) is 0. The molecule has 2 nitrogen and oxygen atoms in total. The summed E-state index contributed by atoms with van der Waals surface area (Å²) >= 11 is 0. The molecule has 0 amide bonds. The van der Waals surface area contributed by atoms with Gasteiger partial charge in [0.15, 0.2) is 0 Å². The molecule has 0 N–H and O–H groups in total. The zero-order valence-electron chi connectivity index (χ0n) is 7.43. The molecule has 0 aromatic carbocycles. The first kappa shape index (κ1) is 8.31. The highest BCUT2D eigenvalue weighted by Gasteiger charge is 2.06. The van der Waals surface area contributed by atoms with Gasteiger partial charge in [-0.2, -0.15) is 0 Å². The minimum Gasteiger partial charge on any atom is -0.374 e. The van der Waals surface area contributed by atoms with Gasteiger partial charge in [0.05, 0.1) is 11.4 Å². The van der Waals surface area contributed by atoms with Crippen LogP contribution >= 0.6 is 0 Å². The van der Waals surface area contributed by atoms with Crippen LogP contribution in [0.5, 0.6) is 0 Å². The van der Waals surface area contributed by atoms with Gasteiger partial charge in [0.1, 0.15) is 0 Å². The normalized spacial score (nSPS) is 25.5. The van der Waals surface area contributed by atoms with Gasteiger partial charge in [-0.25, -0.2) is 0 Å². The molecule has 2 heteroatoms. The van der Waals surface area contributed by atoms with Crippen LogP contribution in [0.15, 0.2) is 17.3 Å². The number of rotatable bonds is 0. The summed E-state index contributed by atoms with van der Waals surface area (Å²) in [6, 6.07) is 0. The van der Waals surface area contributed by atoms with Crippen molar-refractivity contribution in [1.82, 2.24) is 4.90 Å². The van der Waals surface area contributed by atoms with Crippen LogP contribution in [-0.2, 0) is 0 Å². The van der Waals surface area contributed by atoms with Crippen LogP contribution in [-0.4, -0.2) is 30.7 Å². The molecule has 1 heterocycles. The fourth-order valence-corrected chi connectivity index (χ4v) is 1.21. The Labute approximate surface area is 68.6 Å². The Hall–Kier alpha value is -0.790. The highest BCUT2D eigenvalue weighted by molar-refractivity contribution is 5.97. The first-order valence-corrected chi connectivity index (χ1v) is 4.13. The molecule has 0 radical (unpaired) electrons. The summed E-state index contributed by atoms with van der Waals surface area (Å²) in [6.07, 6.45) is 2.43. The van der Waals surface area contributed by atoms with Gasteiger partial charge >= 0.3 is 0 Å². The SMILES string of the molecule is C=C1/C(C)=N\CCCCN1C. The van der Waals surface area contributed by atoms with E-state index in [0.717, 1.165) is 24.5 Å². The van der Waals surface area contributed by atoms with E-state index >= 15 is 0 Å². The molecule has 0 atom stereocenters. The van der Waals surface area contributed by atoms with E-state index in [9.17, 15) is 0 Å². The van der Waals surface area contributed by atoms with E-state index in [4.69, 9.17) is 0 Å². The van der Waals surface area contributed by atoms with Crippen molar-refractivity contribution in [2.45, 2.75) is 19.8 Å². The summed E-state index contributed by atoms with van der Waals surface area (Å²) < 4.78 is 0. The van der Waals surface area contributed by atoms with Gasteiger partial charge < -0.3 is 4.90 Å². The number of hydrogen-bond acceptors (Lipinski definition) is 2. The van der Waals surface area contributed by atoms with E-state index in [1.54, 1.807) is 0 Å².